The molecule has 4 N–H and O–H groups in total. The standard InChI is InChI=1S/C35H44BrN5O3/c1-35(2)22-41(27-12-14-40(15-13-27)16-17-42)31-11-10-25(18-29(31)35)24-8-6-23(7-9-24)21-44-32-5-3-4-30(32)39-34(43)28-19-26(36)20-38-33(28)37/h6-11,18-20,27,30,32,42H,3-5,12-17,21-22H2,1-2H3,(H2,37,38)(H,39,43)/t30-,32-/m0/s1. The molecule has 3 aliphatic rings. The van der Waals surface area contributed by atoms with Gasteiger partial charge in [0.25, 0.3) is 5.91 Å². The predicted molar refractivity (Wildman–Crippen MR) is 179 cm³/mol. The number of likely N-dealkylation sites (tertiary alicyclic amines) is 1. The van der Waals surface area contributed by atoms with Gasteiger partial charge < -0.3 is 30.7 Å². The van der Waals surface area contributed by atoms with Gasteiger partial charge in [-0.25, -0.2) is 4.98 Å². The van der Waals surface area contributed by atoms with Crippen LogP contribution in [0.5, 0.6) is 0 Å². The van der Waals surface area contributed by atoms with E-state index in [1.807, 2.05) is 0 Å². The third kappa shape index (κ3) is 6.66. The van der Waals surface area contributed by atoms with Gasteiger partial charge in [-0.2, -0.15) is 0 Å². The summed E-state index contributed by atoms with van der Waals surface area (Å²) in [6.07, 6.45) is 6.64. The largest absolute Gasteiger partial charge is 0.395 e. The van der Waals surface area contributed by atoms with Crippen LogP contribution in [0.15, 0.2) is 59.2 Å². The maximum atomic E-state index is 12.9. The molecule has 0 spiro atoms. The van der Waals surface area contributed by atoms with Crippen LogP contribution in [0.4, 0.5) is 11.5 Å². The molecule has 1 saturated carbocycles. The Morgan fingerprint density at radius 1 is 1.09 bits per heavy atom. The number of aliphatic hydroxyl groups is 1. The Morgan fingerprint density at radius 3 is 2.59 bits per heavy atom. The molecule has 1 aliphatic carbocycles. The van der Waals surface area contributed by atoms with Crippen LogP contribution in [-0.2, 0) is 16.8 Å². The molecular weight excluding hydrogens is 618 g/mol. The van der Waals surface area contributed by atoms with Crippen molar-refractivity contribution in [2.24, 2.45) is 0 Å². The number of nitrogens with two attached hydrogens (primary N) is 1. The minimum absolute atomic E-state index is 0.0382. The molecule has 2 aromatic carbocycles. The van der Waals surface area contributed by atoms with Gasteiger partial charge in [0.15, 0.2) is 0 Å². The van der Waals surface area contributed by atoms with Crippen LogP contribution in [0.25, 0.3) is 11.1 Å². The number of piperidine rings is 1. The van der Waals surface area contributed by atoms with E-state index in [-0.39, 0.29) is 35.9 Å². The number of aromatic nitrogens is 1. The smallest absolute Gasteiger partial charge is 0.255 e. The number of pyridine rings is 1. The van der Waals surface area contributed by atoms with Crippen LogP contribution >= 0.6 is 15.9 Å². The molecule has 1 amide bonds. The monoisotopic (exact) mass is 661 g/mol. The summed E-state index contributed by atoms with van der Waals surface area (Å²) in [5, 5.41) is 12.4. The Labute approximate surface area is 269 Å². The molecule has 9 heteroatoms. The first-order chi connectivity index (χ1) is 21.2. The van der Waals surface area contributed by atoms with E-state index < -0.39 is 0 Å². The second kappa shape index (κ2) is 13.2. The summed E-state index contributed by atoms with van der Waals surface area (Å²) < 4.78 is 7.04. The van der Waals surface area contributed by atoms with Gasteiger partial charge in [0.1, 0.15) is 5.82 Å². The molecular formula is C35H44BrN5O3. The maximum Gasteiger partial charge on any atom is 0.255 e. The van der Waals surface area contributed by atoms with E-state index in [2.05, 4.69) is 92.3 Å². The fourth-order valence-corrected chi connectivity index (χ4v) is 7.52. The van der Waals surface area contributed by atoms with E-state index in [1.165, 1.54) is 22.4 Å². The molecule has 8 nitrogen and oxygen atoms in total. The number of ether oxygens (including phenoxy) is 1. The lowest BCUT2D eigenvalue weighted by Gasteiger charge is -2.38. The third-order valence-electron chi connectivity index (χ3n) is 9.66. The van der Waals surface area contributed by atoms with E-state index in [0.717, 1.165) is 68.3 Å². The summed E-state index contributed by atoms with van der Waals surface area (Å²) in [4.78, 5) is 22.0. The van der Waals surface area contributed by atoms with Gasteiger partial charge in [0.2, 0.25) is 0 Å². The second-order valence-corrected chi connectivity index (χ2v) is 14.1. The van der Waals surface area contributed by atoms with E-state index in [1.54, 1.807) is 12.3 Å². The highest BCUT2D eigenvalue weighted by atomic mass is 79.9. The first-order valence-electron chi connectivity index (χ1n) is 15.9. The van der Waals surface area contributed by atoms with Crippen LogP contribution < -0.4 is 16.0 Å². The molecule has 6 rings (SSSR count). The molecule has 1 aromatic heterocycles. The van der Waals surface area contributed by atoms with Crippen LogP contribution in [0.3, 0.4) is 0 Å². The molecule has 0 radical (unpaired) electrons. The summed E-state index contributed by atoms with van der Waals surface area (Å²) >= 11 is 3.37. The molecule has 0 bridgehead atoms. The number of amides is 1. The lowest BCUT2D eigenvalue weighted by atomic mass is 9.85. The molecule has 44 heavy (non-hydrogen) atoms. The van der Waals surface area contributed by atoms with Crippen LogP contribution in [-0.4, -0.2) is 71.9 Å². The molecule has 2 fully saturated rings. The van der Waals surface area contributed by atoms with Crippen molar-refractivity contribution < 1.29 is 14.6 Å². The zero-order valence-corrected chi connectivity index (χ0v) is 27.4. The number of hydrogen-bond donors (Lipinski definition) is 3. The summed E-state index contributed by atoms with van der Waals surface area (Å²) in [6, 6.07) is 17.9. The third-order valence-corrected chi connectivity index (χ3v) is 10.1. The Balaban J connectivity index is 1.07. The number of anilines is 2. The van der Waals surface area contributed by atoms with Gasteiger partial charge in [-0.15, -0.1) is 0 Å². The Kier molecular flexibility index (Phi) is 9.29. The van der Waals surface area contributed by atoms with E-state index >= 15 is 0 Å². The second-order valence-electron chi connectivity index (χ2n) is 13.2. The molecule has 3 heterocycles. The van der Waals surface area contributed by atoms with Crippen molar-refractivity contribution in [3.05, 3.63) is 75.9 Å². The van der Waals surface area contributed by atoms with Crippen LogP contribution in [0.1, 0.15) is 67.4 Å². The molecule has 1 saturated heterocycles. The number of rotatable bonds is 9. The van der Waals surface area contributed by atoms with E-state index in [0.29, 0.717) is 18.2 Å². The van der Waals surface area contributed by atoms with Gasteiger partial charge in [0.05, 0.1) is 30.9 Å². The van der Waals surface area contributed by atoms with Crippen molar-refractivity contribution in [1.82, 2.24) is 15.2 Å². The van der Waals surface area contributed by atoms with Crippen molar-refractivity contribution in [3.63, 3.8) is 0 Å². The number of nitrogens with one attached hydrogen (secondary N) is 1. The number of halogens is 1. The zero-order valence-electron chi connectivity index (χ0n) is 25.8. The van der Waals surface area contributed by atoms with Crippen LogP contribution in [0.2, 0.25) is 0 Å². The Morgan fingerprint density at radius 2 is 1.84 bits per heavy atom. The number of aliphatic hydroxyl groups excluding tert-OH is 1. The molecule has 2 atom stereocenters. The lowest BCUT2D eigenvalue weighted by molar-refractivity contribution is 0.0272. The molecule has 234 valence electrons. The number of fused-ring (bicyclic) bond motifs is 1. The average molecular weight is 663 g/mol. The summed E-state index contributed by atoms with van der Waals surface area (Å²) in [6.45, 7) is 9.40. The Bertz CT molecular complexity index is 1470. The normalized spacial score (nSPS) is 21.9. The highest BCUT2D eigenvalue weighted by Crippen LogP contribution is 2.44. The Hall–Kier alpha value is -2.98. The minimum atomic E-state index is -0.217. The maximum absolute atomic E-state index is 12.9. The highest BCUT2D eigenvalue weighted by Gasteiger charge is 2.39. The van der Waals surface area contributed by atoms with Crippen molar-refractivity contribution in [1.29, 1.82) is 0 Å². The molecule has 2 aliphatic heterocycles. The van der Waals surface area contributed by atoms with Gasteiger partial charge >= 0.3 is 0 Å². The number of carbonyl (C=O) groups excluding carboxylic acids is 1. The highest BCUT2D eigenvalue weighted by molar-refractivity contribution is 9.10. The van der Waals surface area contributed by atoms with Crippen molar-refractivity contribution in [2.75, 3.05) is 43.4 Å². The van der Waals surface area contributed by atoms with Crippen molar-refractivity contribution >= 4 is 33.3 Å². The first-order valence-corrected chi connectivity index (χ1v) is 16.7. The van der Waals surface area contributed by atoms with Gasteiger partial charge in [0, 0.05) is 54.0 Å². The summed E-state index contributed by atoms with van der Waals surface area (Å²) in [5.41, 5.74) is 12.8. The summed E-state index contributed by atoms with van der Waals surface area (Å²) in [7, 11) is 0. The minimum Gasteiger partial charge on any atom is -0.395 e. The fourth-order valence-electron chi connectivity index (χ4n) is 7.19. The number of nitrogen functional groups attached to an aromatic ring is 1. The zero-order chi connectivity index (χ0) is 30.8. The first kappa shape index (κ1) is 31.0. The van der Waals surface area contributed by atoms with E-state index in [4.69, 9.17) is 10.5 Å². The lowest BCUT2D eigenvalue weighted by Crippen LogP contribution is -2.46. The topological polar surface area (TPSA) is 104 Å². The molecule has 0 unspecified atom stereocenters. The average Bonchev–Trinajstić information content (AvgIpc) is 3.58. The number of carbonyl (C=O) groups is 1. The quantitative estimate of drug-likeness (QED) is 0.278. The number of nitrogens with zero attached hydrogens (tertiary/aromatic N) is 3. The van der Waals surface area contributed by atoms with Gasteiger partial charge in [-0.3, -0.25) is 4.79 Å². The van der Waals surface area contributed by atoms with Crippen LogP contribution in [0, 0.1) is 0 Å². The van der Waals surface area contributed by atoms with Crippen molar-refractivity contribution in [3.8, 4) is 11.1 Å². The molecule has 3 aromatic rings. The van der Waals surface area contributed by atoms with Gasteiger partial charge in [-0.05, 0) is 88.5 Å². The predicted octanol–water partition coefficient (Wildman–Crippen LogP) is 5.52. The number of hydrogen-bond acceptors (Lipinski definition) is 7. The van der Waals surface area contributed by atoms with Gasteiger partial charge in [-0.1, -0.05) is 44.2 Å². The number of benzene rings is 2. The SMILES string of the molecule is CC1(C)CN(C2CCN(CCO)CC2)c2ccc(-c3ccc(CO[C@H]4CCC[C@@H]4NC(=O)c4cc(Br)cnc4N)cc3)cc21. The fraction of sp³-hybridized carbons (Fsp3) is 0.486. The summed E-state index contributed by atoms with van der Waals surface area (Å²) in [5.74, 6) is 0.00586. The van der Waals surface area contributed by atoms with E-state index in [9.17, 15) is 9.90 Å². The number of β-amino-alcohol motifs (C(OH)–C–C–N with tert-alkyl or cyclic N) is 1. The van der Waals surface area contributed by atoms with Crippen molar-refractivity contribution in [2.45, 2.75) is 76.2 Å².